The van der Waals surface area contributed by atoms with Crippen LogP contribution in [0.4, 0.5) is 0 Å². The van der Waals surface area contributed by atoms with Gasteiger partial charge in [-0.3, -0.25) is 4.79 Å². The summed E-state index contributed by atoms with van der Waals surface area (Å²) >= 11 is 0. The van der Waals surface area contributed by atoms with E-state index in [-0.39, 0.29) is 18.9 Å². The lowest BCUT2D eigenvalue weighted by Crippen LogP contribution is -2.58. The Balaban J connectivity index is 1.33. The topological polar surface area (TPSA) is 201 Å². The highest BCUT2D eigenvalue weighted by atomic mass is 16.5. The first-order valence-electron chi connectivity index (χ1n) is 16.7. The van der Waals surface area contributed by atoms with E-state index in [0.29, 0.717) is 43.5 Å². The highest BCUT2D eigenvalue weighted by Gasteiger charge is 2.47. The van der Waals surface area contributed by atoms with Crippen molar-refractivity contribution in [3.8, 4) is 34.8 Å². The average molecular weight is 678 g/mol. The quantitative estimate of drug-likeness (QED) is 0.180. The van der Waals surface area contributed by atoms with Crippen LogP contribution in [0.5, 0.6) is 0 Å². The first kappa shape index (κ1) is 35.5. The van der Waals surface area contributed by atoms with Gasteiger partial charge in [0.25, 0.3) is 0 Å². The summed E-state index contributed by atoms with van der Waals surface area (Å²) in [6.07, 6.45) is -11.1. The monoisotopic (exact) mass is 677 g/mol. The second-order valence-corrected chi connectivity index (χ2v) is 13.2. The molecular weight excluding hydrogens is 634 g/mol. The van der Waals surface area contributed by atoms with Gasteiger partial charge in [-0.05, 0) is 65.8 Å². The molecule has 3 saturated heterocycles. The zero-order chi connectivity index (χ0) is 35.0. The predicted molar refractivity (Wildman–Crippen MR) is 175 cm³/mol. The molecule has 0 aromatic heterocycles. The lowest BCUT2D eigenvalue weighted by Gasteiger charge is -2.41. The Morgan fingerprint density at radius 2 is 1.24 bits per heavy atom. The number of hydrogen-bond acceptors (Lipinski definition) is 11. The van der Waals surface area contributed by atoms with E-state index < -0.39 is 73.1 Å². The van der Waals surface area contributed by atoms with Crippen LogP contribution in [0.25, 0.3) is 11.1 Å². The molecule has 1 spiro atoms. The number of fused-ring (bicyclic) bond motifs is 5. The van der Waals surface area contributed by atoms with E-state index in [0.717, 1.165) is 22.3 Å². The van der Waals surface area contributed by atoms with Gasteiger partial charge in [0.2, 0.25) is 5.91 Å². The number of carbonyl (C=O) groups excluding carboxylic acids is 1. The van der Waals surface area contributed by atoms with Crippen molar-refractivity contribution in [1.29, 1.82) is 0 Å². The van der Waals surface area contributed by atoms with Crippen LogP contribution >= 0.6 is 0 Å². The Hall–Kier alpha value is -3.37. The van der Waals surface area contributed by atoms with Crippen LogP contribution in [0.2, 0.25) is 0 Å². The average Bonchev–Trinajstić information content (AvgIpc) is 3.37. The first-order valence-corrected chi connectivity index (χ1v) is 16.7. The standard InChI is InChI=1S/C37H43NO11/c1-2-30(41)38-14-12-37(13-15-38)24-17-20(5-9-26-31(42)35(46)33(44)28(48-26)11-16-39)3-7-22(24)23-8-4-21(18-25(23)37)6-10-27-32(43)36(47)34(45)29(19-40)49-27/h3-4,7-8,17-18,26-29,31-36,39-40,42-47H,2,11-16,19H2,1H3/t26-,27-,28-,29-,31-,32-,33-,34-,35-,36-/m1/s1. The maximum atomic E-state index is 12.6. The fraction of sp³-hybridized carbons (Fsp3) is 0.541. The molecule has 12 nitrogen and oxygen atoms in total. The van der Waals surface area contributed by atoms with E-state index in [1.54, 1.807) is 0 Å². The van der Waals surface area contributed by atoms with Gasteiger partial charge in [-0.1, -0.05) is 42.7 Å². The molecule has 1 amide bonds. The van der Waals surface area contributed by atoms with Gasteiger partial charge in [0, 0.05) is 42.7 Å². The van der Waals surface area contributed by atoms with Crippen LogP contribution in [0.15, 0.2) is 36.4 Å². The molecule has 0 unspecified atom stereocenters. The third kappa shape index (κ3) is 6.51. The van der Waals surface area contributed by atoms with Crippen LogP contribution in [0.3, 0.4) is 0 Å². The van der Waals surface area contributed by atoms with E-state index in [1.165, 1.54) is 0 Å². The molecule has 12 heteroatoms. The van der Waals surface area contributed by atoms with Gasteiger partial charge in [0.15, 0.2) is 0 Å². The first-order chi connectivity index (χ1) is 23.5. The van der Waals surface area contributed by atoms with Gasteiger partial charge in [0.1, 0.15) is 54.9 Å². The number of rotatable bonds is 4. The molecule has 4 aliphatic rings. The lowest BCUT2D eigenvalue weighted by molar-refractivity contribution is -0.214. The Labute approximate surface area is 284 Å². The Bertz CT molecular complexity index is 1660. The van der Waals surface area contributed by atoms with Crippen LogP contribution in [0.1, 0.15) is 54.9 Å². The van der Waals surface area contributed by atoms with Crippen molar-refractivity contribution in [3.63, 3.8) is 0 Å². The van der Waals surface area contributed by atoms with Gasteiger partial charge < -0.3 is 55.2 Å². The smallest absolute Gasteiger partial charge is 0.222 e. The van der Waals surface area contributed by atoms with Crippen molar-refractivity contribution in [1.82, 2.24) is 4.90 Å². The van der Waals surface area contributed by atoms with Gasteiger partial charge in [-0.15, -0.1) is 0 Å². The number of carbonyl (C=O) groups is 1. The number of nitrogens with zero attached hydrogens (tertiary/aromatic N) is 1. The van der Waals surface area contributed by atoms with Crippen LogP contribution < -0.4 is 0 Å². The Morgan fingerprint density at radius 3 is 1.71 bits per heavy atom. The summed E-state index contributed by atoms with van der Waals surface area (Å²) in [4.78, 5) is 14.5. The third-order valence-corrected chi connectivity index (χ3v) is 10.4. The summed E-state index contributed by atoms with van der Waals surface area (Å²) < 4.78 is 11.3. The number of amides is 1. The number of likely N-dealkylation sites (tertiary alicyclic amines) is 1. The van der Waals surface area contributed by atoms with E-state index in [9.17, 15) is 45.6 Å². The number of hydrogen-bond donors (Lipinski definition) is 8. The van der Waals surface area contributed by atoms with E-state index in [4.69, 9.17) is 9.47 Å². The van der Waals surface area contributed by atoms with Crippen LogP contribution in [-0.2, 0) is 19.7 Å². The zero-order valence-corrected chi connectivity index (χ0v) is 27.1. The largest absolute Gasteiger partial charge is 0.396 e. The number of ether oxygens (including phenoxy) is 2. The lowest BCUT2D eigenvalue weighted by atomic mass is 9.70. The number of benzene rings is 2. The highest BCUT2D eigenvalue weighted by molar-refractivity contribution is 5.83. The highest BCUT2D eigenvalue weighted by Crippen LogP contribution is 2.54. The molecule has 3 aliphatic heterocycles. The van der Waals surface area contributed by atoms with Crippen molar-refractivity contribution in [2.75, 3.05) is 26.3 Å². The van der Waals surface area contributed by atoms with Crippen molar-refractivity contribution >= 4 is 5.91 Å². The number of aliphatic hydroxyl groups is 8. The molecule has 0 saturated carbocycles. The van der Waals surface area contributed by atoms with Crippen LogP contribution in [-0.4, -0.2) is 139 Å². The maximum Gasteiger partial charge on any atom is 0.222 e. The Kier molecular flexibility index (Phi) is 10.5. The molecule has 1 aliphatic carbocycles. The summed E-state index contributed by atoms with van der Waals surface area (Å²) in [6, 6.07) is 11.7. The predicted octanol–water partition coefficient (Wildman–Crippen LogP) is -1.24. The SMILES string of the molecule is CCC(=O)N1CCC2(CC1)c1cc(C#C[C@H]3O[C@H](CO)[C@@H](O)[C@H](O)[C@@H]3O)ccc1-c1ccc(C#C[C@H]3O[C@H](CCO)[C@@H](O)[C@H](O)[C@@H]3O)cc12. The minimum atomic E-state index is -1.53. The fourth-order valence-electron chi connectivity index (χ4n) is 7.52. The molecule has 0 radical (unpaired) electrons. The van der Waals surface area contributed by atoms with Gasteiger partial charge in [0.05, 0.1) is 12.7 Å². The molecule has 6 rings (SSSR count). The maximum absolute atomic E-state index is 12.6. The summed E-state index contributed by atoms with van der Waals surface area (Å²) in [5.74, 6) is 12.0. The molecular formula is C37H43NO11. The van der Waals surface area contributed by atoms with Gasteiger partial charge >= 0.3 is 0 Å². The third-order valence-electron chi connectivity index (χ3n) is 10.4. The molecule has 8 N–H and O–H groups in total. The molecule has 0 bridgehead atoms. The molecule has 3 heterocycles. The molecule has 262 valence electrons. The van der Waals surface area contributed by atoms with Crippen molar-refractivity contribution in [3.05, 3.63) is 58.7 Å². The van der Waals surface area contributed by atoms with E-state index in [1.807, 2.05) is 48.2 Å². The van der Waals surface area contributed by atoms with Crippen molar-refractivity contribution in [2.24, 2.45) is 0 Å². The number of aliphatic hydroxyl groups excluding tert-OH is 8. The minimum Gasteiger partial charge on any atom is -0.396 e. The van der Waals surface area contributed by atoms with E-state index in [2.05, 4.69) is 23.7 Å². The number of piperidine rings is 1. The zero-order valence-electron chi connectivity index (χ0n) is 27.1. The molecule has 2 aromatic carbocycles. The Morgan fingerprint density at radius 1 is 0.755 bits per heavy atom. The molecule has 10 atom stereocenters. The minimum absolute atomic E-state index is 0.0786. The van der Waals surface area contributed by atoms with Gasteiger partial charge in [-0.25, -0.2) is 0 Å². The van der Waals surface area contributed by atoms with Crippen LogP contribution in [0, 0.1) is 23.7 Å². The second-order valence-electron chi connectivity index (χ2n) is 13.2. The normalized spacial score (nSPS) is 33.1. The van der Waals surface area contributed by atoms with Crippen molar-refractivity contribution < 1.29 is 55.1 Å². The van der Waals surface area contributed by atoms with E-state index >= 15 is 0 Å². The molecule has 2 aromatic rings. The summed E-state index contributed by atoms with van der Waals surface area (Å²) in [5.41, 5.74) is 4.91. The fourth-order valence-corrected chi connectivity index (χ4v) is 7.52. The summed E-state index contributed by atoms with van der Waals surface area (Å²) in [7, 11) is 0. The van der Waals surface area contributed by atoms with Gasteiger partial charge in [-0.2, -0.15) is 0 Å². The second kappa shape index (κ2) is 14.5. The molecule has 3 fully saturated rings. The summed E-state index contributed by atoms with van der Waals surface area (Å²) in [5, 5.41) is 80.8. The summed E-state index contributed by atoms with van der Waals surface area (Å²) in [6.45, 7) is 2.14. The van der Waals surface area contributed by atoms with Crippen molar-refractivity contribution in [2.45, 2.75) is 99.1 Å². The molecule has 49 heavy (non-hydrogen) atoms.